The van der Waals surface area contributed by atoms with Crippen LogP contribution in [0.25, 0.3) is 0 Å². The predicted molar refractivity (Wildman–Crippen MR) is 52.6 cm³/mol. The van der Waals surface area contributed by atoms with Crippen molar-refractivity contribution in [3.63, 3.8) is 0 Å². The molecular formula is C10H24N2O+2. The number of hydrogen-bond donors (Lipinski definition) is 2. The van der Waals surface area contributed by atoms with Gasteiger partial charge in [0.2, 0.25) is 0 Å². The Morgan fingerprint density at radius 2 is 1.85 bits per heavy atom. The number of unbranched alkanes of at least 4 members (excludes halogenated alkanes) is 1. The van der Waals surface area contributed by atoms with E-state index in [4.69, 9.17) is 4.74 Å². The van der Waals surface area contributed by atoms with Gasteiger partial charge in [-0.3, -0.25) is 0 Å². The first-order valence-electron chi connectivity index (χ1n) is 5.50. The Morgan fingerprint density at radius 1 is 1.23 bits per heavy atom. The third kappa shape index (κ3) is 4.07. The zero-order valence-electron chi connectivity index (χ0n) is 9.01. The molecule has 78 valence electrons. The summed E-state index contributed by atoms with van der Waals surface area (Å²) in [5, 5.41) is 0. The van der Waals surface area contributed by atoms with E-state index in [1.165, 1.54) is 32.5 Å². The van der Waals surface area contributed by atoms with Gasteiger partial charge in [0, 0.05) is 12.8 Å². The van der Waals surface area contributed by atoms with Crippen molar-refractivity contribution in [1.29, 1.82) is 0 Å². The molecule has 0 amide bonds. The molecule has 0 aromatic carbocycles. The molecule has 0 radical (unpaired) electrons. The number of nitrogens with one attached hydrogen (secondary N) is 1. The maximum Gasteiger partial charge on any atom is 0.104 e. The highest BCUT2D eigenvalue weighted by Gasteiger charge is 2.24. The molecule has 1 aliphatic heterocycles. The maximum absolute atomic E-state index is 5.69. The Balaban J connectivity index is 2.17. The summed E-state index contributed by atoms with van der Waals surface area (Å²) in [5.74, 6) is 0. The lowest BCUT2D eigenvalue weighted by molar-refractivity contribution is -0.915. The van der Waals surface area contributed by atoms with Crippen LogP contribution in [-0.2, 0) is 4.74 Å². The van der Waals surface area contributed by atoms with E-state index in [0.717, 1.165) is 6.54 Å². The Bertz CT molecular complexity index is 131. The molecule has 0 bridgehead atoms. The van der Waals surface area contributed by atoms with Gasteiger partial charge in [0.15, 0.2) is 0 Å². The zero-order chi connectivity index (χ0) is 9.68. The highest BCUT2D eigenvalue weighted by molar-refractivity contribution is 4.58. The van der Waals surface area contributed by atoms with Gasteiger partial charge in [0.25, 0.3) is 0 Å². The van der Waals surface area contributed by atoms with E-state index >= 15 is 0 Å². The molecule has 4 N–H and O–H groups in total. The fourth-order valence-electron chi connectivity index (χ4n) is 2.15. The Kier molecular flexibility index (Phi) is 4.70. The molecule has 0 spiro atoms. The third-order valence-corrected chi connectivity index (χ3v) is 2.65. The van der Waals surface area contributed by atoms with Crippen LogP contribution in [-0.4, -0.2) is 38.4 Å². The second kappa shape index (κ2) is 5.58. The van der Waals surface area contributed by atoms with Crippen LogP contribution in [0.5, 0.6) is 0 Å². The van der Waals surface area contributed by atoms with Crippen molar-refractivity contribution in [2.24, 2.45) is 0 Å². The molecule has 0 unspecified atom stereocenters. The molecule has 2 atom stereocenters. The molecular weight excluding hydrogens is 164 g/mol. The maximum atomic E-state index is 5.69. The van der Waals surface area contributed by atoms with Crippen molar-refractivity contribution in [3.8, 4) is 0 Å². The molecule has 1 aliphatic rings. The molecule has 1 heterocycles. The van der Waals surface area contributed by atoms with Crippen LogP contribution in [0.4, 0.5) is 0 Å². The van der Waals surface area contributed by atoms with E-state index in [9.17, 15) is 0 Å². The molecule has 0 aliphatic carbocycles. The standard InChI is InChI=1S/C10H22N2O/c1-9-7-12(6-4-3-5-11)8-10(2)13-9/h9-10H,3-8,11H2,1-2H3/p+2/t9-,10-/m1/s1. The number of quaternary nitrogens is 2. The molecule has 3 heteroatoms. The van der Waals surface area contributed by atoms with Gasteiger partial charge in [-0.25, -0.2) is 0 Å². The minimum Gasteiger partial charge on any atom is -0.364 e. The lowest BCUT2D eigenvalue weighted by Gasteiger charge is -2.32. The quantitative estimate of drug-likeness (QED) is 0.529. The summed E-state index contributed by atoms with van der Waals surface area (Å²) in [5.41, 5.74) is 3.86. The first kappa shape index (κ1) is 11.0. The van der Waals surface area contributed by atoms with Gasteiger partial charge in [0.05, 0.1) is 13.1 Å². The summed E-state index contributed by atoms with van der Waals surface area (Å²) >= 11 is 0. The smallest absolute Gasteiger partial charge is 0.104 e. The summed E-state index contributed by atoms with van der Waals surface area (Å²) in [6, 6.07) is 0. The van der Waals surface area contributed by atoms with Crippen molar-refractivity contribution < 1.29 is 15.4 Å². The highest BCUT2D eigenvalue weighted by atomic mass is 16.5. The summed E-state index contributed by atoms with van der Waals surface area (Å²) in [6.45, 7) is 9.10. The summed E-state index contributed by atoms with van der Waals surface area (Å²) in [4.78, 5) is 1.71. The van der Waals surface area contributed by atoms with Crippen molar-refractivity contribution in [3.05, 3.63) is 0 Å². The Morgan fingerprint density at radius 3 is 2.38 bits per heavy atom. The Hall–Kier alpha value is -0.120. The molecule has 0 saturated carbocycles. The van der Waals surface area contributed by atoms with E-state index in [2.05, 4.69) is 19.6 Å². The Labute approximate surface area is 81.2 Å². The molecule has 1 fully saturated rings. The van der Waals surface area contributed by atoms with Crippen LogP contribution >= 0.6 is 0 Å². The van der Waals surface area contributed by atoms with Gasteiger partial charge < -0.3 is 15.4 Å². The first-order valence-corrected chi connectivity index (χ1v) is 5.50. The first-order chi connectivity index (χ1) is 6.22. The van der Waals surface area contributed by atoms with Gasteiger partial charge in [0.1, 0.15) is 25.3 Å². The molecule has 0 aromatic heterocycles. The van der Waals surface area contributed by atoms with Crippen molar-refractivity contribution in [1.82, 2.24) is 0 Å². The third-order valence-electron chi connectivity index (χ3n) is 2.65. The van der Waals surface area contributed by atoms with E-state index in [0.29, 0.717) is 12.2 Å². The van der Waals surface area contributed by atoms with Crippen LogP contribution in [0, 0.1) is 0 Å². The van der Waals surface area contributed by atoms with E-state index in [1.54, 1.807) is 4.90 Å². The largest absolute Gasteiger partial charge is 0.364 e. The SMILES string of the molecule is C[C@@H]1C[NH+](CCCC[NH3+])C[C@@H](C)O1. The second-order valence-electron chi connectivity index (χ2n) is 4.23. The van der Waals surface area contributed by atoms with Crippen molar-refractivity contribution in [2.45, 2.75) is 38.9 Å². The number of rotatable bonds is 4. The fraction of sp³-hybridized carbons (Fsp3) is 1.00. The van der Waals surface area contributed by atoms with Gasteiger partial charge in [-0.1, -0.05) is 0 Å². The molecule has 3 nitrogen and oxygen atoms in total. The lowest BCUT2D eigenvalue weighted by Crippen LogP contribution is -3.15. The van der Waals surface area contributed by atoms with Crippen LogP contribution in [0.2, 0.25) is 0 Å². The number of ether oxygens (including phenoxy) is 1. The van der Waals surface area contributed by atoms with E-state index in [1.807, 2.05) is 0 Å². The predicted octanol–water partition coefficient (Wildman–Crippen LogP) is -1.30. The van der Waals surface area contributed by atoms with Gasteiger partial charge >= 0.3 is 0 Å². The monoisotopic (exact) mass is 188 g/mol. The molecule has 1 saturated heterocycles. The minimum absolute atomic E-state index is 0.443. The van der Waals surface area contributed by atoms with Gasteiger partial charge in [-0.05, 0) is 13.8 Å². The van der Waals surface area contributed by atoms with Crippen LogP contribution < -0.4 is 10.6 Å². The summed E-state index contributed by atoms with van der Waals surface area (Å²) in [7, 11) is 0. The van der Waals surface area contributed by atoms with Crippen LogP contribution in [0.1, 0.15) is 26.7 Å². The lowest BCUT2D eigenvalue weighted by atomic mass is 10.2. The molecule has 13 heavy (non-hydrogen) atoms. The van der Waals surface area contributed by atoms with Crippen LogP contribution in [0.15, 0.2) is 0 Å². The average molecular weight is 188 g/mol. The minimum atomic E-state index is 0.443. The van der Waals surface area contributed by atoms with Crippen molar-refractivity contribution in [2.75, 3.05) is 26.2 Å². The van der Waals surface area contributed by atoms with E-state index in [-0.39, 0.29) is 0 Å². The van der Waals surface area contributed by atoms with Crippen molar-refractivity contribution >= 4 is 0 Å². The second-order valence-corrected chi connectivity index (χ2v) is 4.23. The topological polar surface area (TPSA) is 41.3 Å². The van der Waals surface area contributed by atoms with Crippen LogP contribution in [0.3, 0.4) is 0 Å². The summed E-state index contributed by atoms with van der Waals surface area (Å²) in [6.07, 6.45) is 3.47. The molecule has 0 aromatic rings. The zero-order valence-corrected chi connectivity index (χ0v) is 9.01. The van der Waals surface area contributed by atoms with E-state index < -0.39 is 0 Å². The number of hydrogen-bond acceptors (Lipinski definition) is 1. The summed E-state index contributed by atoms with van der Waals surface area (Å²) < 4.78 is 5.69. The normalized spacial score (nSPS) is 34.8. The fourth-order valence-corrected chi connectivity index (χ4v) is 2.15. The van der Waals surface area contributed by atoms with Gasteiger partial charge in [-0.15, -0.1) is 0 Å². The molecule has 1 rings (SSSR count). The average Bonchev–Trinajstić information content (AvgIpc) is 2.03. The highest BCUT2D eigenvalue weighted by Crippen LogP contribution is 1.98. The van der Waals surface area contributed by atoms with Gasteiger partial charge in [-0.2, -0.15) is 0 Å². The number of morpholine rings is 1.